The molecule has 6 aromatic rings. The van der Waals surface area contributed by atoms with Crippen molar-refractivity contribution in [3.63, 3.8) is 0 Å². The first kappa shape index (κ1) is 121. The van der Waals surface area contributed by atoms with Crippen LogP contribution in [0.25, 0.3) is 33.5 Å². The van der Waals surface area contributed by atoms with Crippen molar-refractivity contribution < 1.29 is 128 Å². The first-order chi connectivity index (χ1) is 71.8. The number of fused-ring (bicyclic) bond motifs is 1. The number of carboxylic acids is 1. The van der Waals surface area contributed by atoms with Crippen LogP contribution in [-0.4, -0.2) is 325 Å². The van der Waals surface area contributed by atoms with Gasteiger partial charge in [0.2, 0.25) is 23.6 Å². The van der Waals surface area contributed by atoms with Crippen LogP contribution in [0.5, 0.6) is 5.75 Å². The first-order valence-corrected chi connectivity index (χ1v) is 53.2. The lowest BCUT2D eigenvalue weighted by Gasteiger charge is -2.47. The molecule has 0 aliphatic carbocycles. The number of anilines is 2. The largest absolute Gasteiger partial charge is 0.495 e. The highest BCUT2D eigenvalue weighted by molar-refractivity contribution is 6.08. The molecule has 9 rings (SSSR count). The molecule has 0 radical (unpaired) electrons. The van der Waals surface area contributed by atoms with E-state index >= 15 is 8.78 Å². The van der Waals surface area contributed by atoms with Gasteiger partial charge in [-0.15, -0.1) is 0 Å². The van der Waals surface area contributed by atoms with Crippen LogP contribution in [0.3, 0.4) is 0 Å². The van der Waals surface area contributed by atoms with E-state index in [1.807, 2.05) is 11.0 Å². The van der Waals surface area contributed by atoms with Gasteiger partial charge in [-0.05, 0) is 175 Å². The number of nitrogens with zero attached hydrogens (tertiary/aromatic N) is 6. The minimum Gasteiger partial charge on any atom is -0.495 e. The Kier molecular flexibility index (Phi) is 56.5. The second-order valence-electron chi connectivity index (χ2n) is 38.1. The Balaban J connectivity index is 0.509. The molecule has 3 aliphatic rings. The molecule has 3 saturated heterocycles. The molecule has 1 spiro atoms. The third-order valence-electron chi connectivity index (χ3n) is 26.7. The molecule has 1 atom stereocenters. The van der Waals surface area contributed by atoms with Crippen molar-refractivity contribution in [2.75, 3.05) is 235 Å². The number of Topliss-reactive ketones (excluding diaryl/α,β-unsaturated/α-hetero) is 1. The molecule has 1 unspecified atom stereocenters. The number of urea groups is 1. The summed E-state index contributed by atoms with van der Waals surface area (Å²) in [6.45, 7) is 22.8. The molecule has 4 aromatic carbocycles. The summed E-state index contributed by atoms with van der Waals surface area (Å²) >= 11 is 0. The number of nitrogens with one attached hydrogen (secondary N) is 5. The smallest absolute Gasteiger partial charge is 0.328 e. The van der Waals surface area contributed by atoms with Crippen molar-refractivity contribution in [1.82, 2.24) is 45.6 Å². The lowest BCUT2D eigenvalue weighted by atomic mass is 9.71. The van der Waals surface area contributed by atoms with Crippen LogP contribution in [0.1, 0.15) is 238 Å². The van der Waals surface area contributed by atoms with Crippen LogP contribution < -0.4 is 30.9 Å². The average Bonchev–Trinajstić information content (AvgIpc) is 1.40. The number of unbranched alkanes of at least 4 members (excludes halogenated alkanes) is 14. The Morgan fingerprint density at radius 2 is 1.07 bits per heavy atom. The number of aliphatic carboxylic acids is 1. The van der Waals surface area contributed by atoms with Crippen LogP contribution in [0, 0.1) is 24.0 Å². The van der Waals surface area contributed by atoms with Gasteiger partial charge in [0.15, 0.2) is 5.78 Å². The number of methoxy groups -OCH3 is 1. The number of carbonyl (C=O) groups excluding carboxylic acids is 9. The summed E-state index contributed by atoms with van der Waals surface area (Å²) < 4.78 is 110. The van der Waals surface area contributed by atoms with Crippen LogP contribution in [0.4, 0.5) is 25.0 Å². The summed E-state index contributed by atoms with van der Waals surface area (Å²) in [6, 6.07) is 20.5. The van der Waals surface area contributed by atoms with Crippen LogP contribution in [0.15, 0.2) is 85.2 Å². The van der Waals surface area contributed by atoms with Gasteiger partial charge in [-0.3, -0.25) is 53.4 Å². The fraction of sp³-hybridized carbons (Fsp3) is 0.636. The van der Waals surface area contributed by atoms with E-state index in [2.05, 4.69) is 72.3 Å². The van der Waals surface area contributed by atoms with Crippen LogP contribution in [-0.2, 0) is 107 Å². The number of piperidine rings is 2. The van der Waals surface area contributed by atoms with Gasteiger partial charge in [0.1, 0.15) is 35.0 Å². The van der Waals surface area contributed by atoms with E-state index in [4.69, 9.17) is 71.4 Å². The summed E-state index contributed by atoms with van der Waals surface area (Å²) in [5.41, 5.74) is 4.47. The van der Waals surface area contributed by atoms with Crippen molar-refractivity contribution in [1.29, 1.82) is 0 Å². The number of ketones is 1. The zero-order chi connectivity index (χ0) is 106. The minimum absolute atomic E-state index is 0.0129. The summed E-state index contributed by atoms with van der Waals surface area (Å²) in [4.78, 5) is 148. The maximum atomic E-state index is 16.0. The van der Waals surface area contributed by atoms with Gasteiger partial charge in [0, 0.05) is 106 Å². The molecule has 38 heteroatoms. The molecule has 3 aliphatic heterocycles. The van der Waals surface area contributed by atoms with E-state index in [0.29, 0.717) is 229 Å². The van der Waals surface area contributed by atoms with Crippen molar-refractivity contribution in [3.8, 4) is 28.3 Å². The number of benzene rings is 4. The molecule has 36 nitrogen and oxygen atoms in total. The number of H-pyrrole nitrogens is 1. The third kappa shape index (κ3) is 44.6. The van der Waals surface area contributed by atoms with Crippen molar-refractivity contribution in [3.05, 3.63) is 125 Å². The second kappa shape index (κ2) is 69.1. The number of rotatable bonds is 79. The Labute approximate surface area is 870 Å². The minimum atomic E-state index is -1.33. The summed E-state index contributed by atoms with van der Waals surface area (Å²) in [5, 5.41) is 20.1. The molecule has 2 aromatic heterocycles. The number of carboxylic acid groups (broad SMARTS) is 1. The van der Waals surface area contributed by atoms with Crippen molar-refractivity contribution >= 4 is 81.6 Å². The molecule has 3 fully saturated rings. The number of ether oxygens (including phenoxy) is 14. The van der Waals surface area contributed by atoms with Crippen molar-refractivity contribution in [2.24, 2.45) is 5.41 Å². The van der Waals surface area contributed by atoms with E-state index in [-0.39, 0.29) is 122 Å². The number of aromatic nitrogens is 3. The Bertz CT molecular complexity index is 4990. The number of halogens is 2. The van der Waals surface area contributed by atoms with E-state index in [1.165, 1.54) is 87.5 Å². The summed E-state index contributed by atoms with van der Waals surface area (Å²) in [7, 11) is 1.51. The molecule has 0 saturated carbocycles. The number of likely N-dealkylation sites (tertiary alicyclic amines) is 2. The normalized spacial score (nSPS) is 14.1. The number of imide groups is 1. The fourth-order valence-electron chi connectivity index (χ4n) is 18.0. The van der Waals surface area contributed by atoms with Gasteiger partial charge in [0.25, 0.3) is 11.8 Å². The molecule has 8 amide bonds. The first-order valence-electron chi connectivity index (χ1n) is 53.2. The van der Waals surface area contributed by atoms with E-state index < -0.39 is 47.2 Å². The number of esters is 1. The van der Waals surface area contributed by atoms with Crippen molar-refractivity contribution in [2.45, 2.75) is 226 Å². The fourth-order valence-corrected chi connectivity index (χ4v) is 18.0. The molecule has 820 valence electrons. The summed E-state index contributed by atoms with van der Waals surface area (Å²) in [5.74, 6) is -4.48. The lowest BCUT2D eigenvalue weighted by molar-refractivity contribution is -0.157. The molecular formula is C110H161F2N11O25. The van der Waals surface area contributed by atoms with Crippen LogP contribution in [0.2, 0.25) is 0 Å². The van der Waals surface area contributed by atoms with E-state index in [0.717, 1.165) is 133 Å². The standard InChI is InChI=1S/C110H161F2N11O25/c1-7-8-9-10-11-12-16-19-22-45-122(101(128)23-20-17-14-13-15-18-21-24-102(129)130)95(83(3)124)32-34-98(125)114-44-53-137-55-57-139-59-61-141-63-65-143-67-69-145-71-73-147-75-74-146-72-70-144-68-66-142-64-62-140-60-58-138-56-54-136-52-38-99(126)113-43-35-103(131)148-109(4,5)87-30-31-89(92(112)77-87)106(132)118-93-79-88(111)78-90(82(93)2)104-91-80-94(117-105(91)116-81-115-104)85-27-25-84(26-28-85)36-46-120-48-39-110(40-49-120)41-50-121(51-42-110)107(133)86-29-33-97(135-6)96(76-86)123-47-37-100(127)119-108(123)134/h25-31,33,76-81,95H,7-24,32,34-75H2,1-6H3,(H,113,126)(H,114,125)(H,118,132)(H,129,130)(H,115,116,117)(H,119,127,134). The maximum absolute atomic E-state index is 16.0. The third-order valence-corrected chi connectivity index (χ3v) is 26.7. The van der Waals surface area contributed by atoms with Gasteiger partial charge in [-0.2, -0.15) is 0 Å². The number of aromatic amines is 1. The predicted octanol–water partition coefficient (Wildman–Crippen LogP) is 14.8. The number of hydrogen-bond donors (Lipinski definition) is 6. The zero-order valence-corrected chi connectivity index (χ0v) is 88.0. The molecule has 6 N–H and O–H groups in total. The SMILES string of the molecule is CCCCCCCCCCCN(C(=O)CCCCCCCCCC(=O)O)C(CCC(=O)NCCOCCOCCOCCOCCOCCOCCOCCOCCOCCOCCOCCOCCC(=O)NCCC(=O)OC(C)(C)c1ccc(C(=O)Nc2cc(F)cc(-c3ncnc4[nH]c(-c5ccc(CCN6CCC7(CC6)CCN(C(=O)c6ccc(OC)c(N8CCC(=O)NC8=O)c6)CC7)cc5)cc34)c2C)c(F)c1)C(C)=O. The quantitative estimate of drug-likeness (QED) is 0.0153. The van der Waals surface area contributed by atoms with Gasteiger partial charge < -0.3 is 107 Å². The molecule has 0 bridgehead atoms. The Hall–Kier alpha value is -10.5. The highest BCUT2D eigenvalue weighted by Gasteiger charge is 2.40. The zero-order valence-electron chi connectivity index (χ0n) is 88.0. The predicted molar refractivity (Wildman–Crippen MR) is 555 cm³/mol. The van der Waals surface area contributed by atoms with Gasteiger partial charge in [-0.1, -0.05) is 121 Å². The monoisotopic (exact) mass is 2070 g/mol. The summed E-state index contributed by atoms with van der Waals surface area (Å²) in [6.07, 6.45) is 23.7. The molecule has 5 heterocycles. The Morgan fingerprint density at radius 1 is 0.554 bits per heavy atom. The molecule has 148 heavy (non-hydrogen) atoms. The van der Waals surface area contributed by atoms with Gasteiger partial charge in [0.05, 0.1) is 195 Å². The average molecular weight is 2080 g/mol. The van der Waals surface area contributed by atoms with Gasteiger partial charge >= 0.3 is 18.0 Å². The van der Waals surface area contributed by atoms with Gasteiger partial charge in [-0.25, -0.2) is 23.5 Å². The Morgan fingerprint density at radius 3 is 1.61 bits per heavy atom. The lowest BCUT2D eigenvalue weighted by Crippen LogP contribution is -2.50. The highest BCUT2D eigenvalue weighted by Crippen LogP contribution is 2.43. The second-order valence-corrected chi connectivity index (χ2v) is 38.1. The maximum Gasteiger partial charge on any atom is 0.328 e. The molecular weight excluding hydrogens is 1910 g/mol. The number of carbonyl (C=O) groups is 10. The van der Waals surface area contributed by atoms with E-state index in [9.17, 15) is 47.9 Å². The topological polar surface area (TPSA) is 423 Å². The van der Waals surface area contributed by atoms with Crippen LogP contribution >= 0.6 is 0 Å². The number of hydrogen-bond acceptors (Lipinski definition) is 27. The number of amides is 8. The highest BCUT2D eigenvalue weighted by atomic mass is 19.1. The van der Waals surface area contributed by atoms with E-state index in [1.54, 1.807) is 43.9 Å².